The Morgan fingerprint density at radius 1 is 0.833 bits per heavy atom. The van der Waals surface area contributed by atoms with Gasteiger partial charge < -0.3 is 0 Å². The summed E-state index contributed by atoms with van der Waals surface area (Å²) in [5.74, 6) is 0. The molecule has 2 aliphatic heterocycles. The van der Waals surface area contributed by atoms with Crippen LogP contribution in [-0.2, 0) is 0 Å². The Morgan fingerprint density at radius 3 is 2.28 bits per heavy atom. The normalized spacial score (nSPS) is 36.5. The maximum Gasteiger partial charge on any atom is 0.0224 e. The number of hydrogen-bond acceptors (Lipinski definition) is 2. The van der Waals surface area contributed by atoms with Crippen molar-refractivity contribution in [2.24, 2.45) is 0 Å². The standard InChI is InChI=1S/C16H30N2/c1-2-14-12-17-11-7-10-16(17)13-18(14)15-8-5-3-4-6-9-15/h14-16H,2-13H2,1H3. The van der Waals surface area contributed by atoms with Gasteiger partial charge in [-0.3, -0.25) is 9.80 Å². The van der Waals surface area contributed by atoms with Crippen LogP contribution in [0, 0.1) is 0 Å². The van der Waals surface area contributed by atoms with Crippen molar-refractivity contribution in [3.05, 3.63) is 0 Å². The van der Waals surface area contributed by atoms with E-state index in [9.17, 15) is 0 Å². The molecule has 2 nitrogen and oxygen atoms in total. The minimum Gasteiger partial charge on any atom is -0.298 e. The van der Waals surface area contributed by atoms with Crippen molar-refractivity contribution < 1.29 is 0 Å². The molecule has 3 rings (SSSR count). The van der Waals surface area contributed by atoms with Crippen LogP contribution in [0.15, 0.2) is 0 Å². The molecule has 104 valence electrons. The zero-order valence-corrected chi connectivity index (χ0v) is 12.1. The van der Waals surface area contributed by atoms with Gasteiger partial charge in [0.2, 0.25) is 0 Å². The quantitative estimate of drug-likeness (QED) is 0.694. The largest absolute Gasteiger partial charge is 0.298 e. The Bertz CT molecular complexity index is 258. The van der Waals surface area contributed by atoms with Gasteiger partial charge in [0, 0.05) is 31.2 Å². The van der Waals surface area contributed by atoms with Crippen LogP contribution in [0.3, 0.4) is 0 Å². The number of rotatable bonds is 2. The highest BCUT2D eigenvalue weighted by Gasteiger charge is 2.38. The number of fused-ring (bicyclic) bond motifs is 1. The van der Waals surface area contributed by atoms with Gasteiger partial charge in [-0.15, -0.1) is 0 Å². The smallest absolute Gasteiger partial charge is 0.0224 e. The topological polar surface area (TPSA) is 6.48 Å². The van der Waals surface area contributed by atoms with Crippen LogP contribution in [0.25, 0.3) is 0 Å². The van der Waals surface area contributed by atoms with Crippen molar-refractivity contribution >= 4 is 0 Å². The Kier molecular flexibility index (Phi) is 4.25. The zero-order valence-electron chi connectivity index (χ0n) is 12.1. The van der Waals surface area contributed by atoms with Crippen molar-refractivity contribution in [2.45, 2.75) is 82.8 Å². The van der Waals surface area contributed by atoms with Crippen LogP contribution in [0.4, 0.5) is 0 Å². The van der Waals surface area contributed by atoms with Crippen molar-refractivity contribution in [3.63, 3.8) is 0 Å². The molecule has 0 bridgehead atoms. The lowest BCUT2D eigenvalue weighted by atomic mass is 9.98. The van der Waals surface area contributed by atoms with E-state index in [0.717, 1.165) is 18.1 Å². The highest BCUT2D eigenvalue weighted by molar-refractivity contribution is 4.94. The minimum absolute atomic E-state index is 0.849. The van der Waals surface area contributed by atoms with E-state index in [-0.39, 0.29) is 0 Å². The van der Waals surface area contributed by atoms with Crippen molar-refractivity contribution in [1.29, 1.82) is 0 Å². The second kappa shape index (κ2) is 5.92. The van der Waals surface area contributed by atoms with Gasteiger partial charge in [0.25, 0.3) is 0 Å². The molecule has 0 aromatic rings. The second-order valence-electron chi connectivity index (χ2n) is 6.70. The number of nitrogens with zero attached hydrogens (tertiary/aromatic N) is 2. The Hall–Kier alpha value is -0.0800. The third-order valence-corrected chi connectivity index (χ3v) is 5.60. The molecule has 2 unspecified atom stereocenters. The lowest BCUT2D eigenvalue weighted by Crippen LogP contribution is -2.58. The Morgan fingerprint density at radius 2 is 1.56 bits per heavy atom. The first-order chi connectivity index (χ1) is 8.88. The molecule has 2 heteroatoms. The average molecular weight is 250 g/mol. The van der Waals surface area contributed by atoms with Crippen LogP contribution >= 0.6 is 0 Å². The number of hydrogen-bond donors (Lipinski definition) is 0. The summed E-state index contributed by atoms with van der Waals surface area (Å²) >= 11 is 0. The molecule has 1 aliphatic carbocycles. The van der Waals surface area contributed by atoms with E-state index in [2.05, 4.69) is 16.7 Å². The van der Waals surface area contributed by atoms with Crippen LogP contribution in [0.5, 0.6) is 0 Å². The van der Waals surface area contributed by atoms with E-state index in [4.69, 9.17) is 0 Å². The molecule has 2 heterocycles. The molecule has 2 saturated heterocycles. The highest BCUT2D eigenvalue weighted by atomic mass is 15.3. The molecule has 2 atom stereocenters. The predicted octanol–water partition coefficient (Wildman–Crippen LogP) is 3.27. The van der Waals surface area contributed by atoms with Crippen LogP contribution in [0.2, 0.25) is 0 Å². The van der Waals surface area contributed by atoms with E-state index < -0.39 is 0 Å². The molecule has 0 aromatic carbocycles. The average Bonchev–Trinajstić information content (AvgIpc) is 2.68. The van der Waals surface area contributed by atoms with Crippen molar-refractivity contribution in [1.82, 2.24) is 9.80 Å². The third kappa shape index (κ3) is 2.60. The molecular formula is C16H30N2. The van der Waals surface area contributed by atoms with E-state index >= 15 is 0 Å². The van der Waals surface area contributed by atoms with Crippen LogP contribution in [0.1, 0.15) is 64.7 Å². The molecule has 0 N–H and O–H groups in total. The fraction of sp³-hybridized carbons (Fsp3) is 1.00. The van der Waals surface area contributed by atoms with Gasteiger partial charge in [0.05, 0.1) is 0 Å². The van der Waals surface area contributed by atoms with E-state index in [1.54, 1.807) is 0 Å². The van der Waals surface area contributed by atoms with Gasteiger partial charge in [-0.1, -0.05) is 32.6 Å². The molecule has 1 saturated carbocycles. The highest BCUT2D eigenvalue weighted by Crippen LogP contribution is 2.31. The third-order valence-electron chi connectivity index (χ3n) is 5.60. The fourth-order valence-corrected chi connectivity index (χ4v) is 4.51. The maximum absolute atomic E-state index is 2.93. The fourth-order valence-electron chi connectivity index (χ4n) is 4.51. The molecule has 3 fully saturated rings. The SMILES string of the molecule is CCC1CN2CCCC2CN1C1CCCCCC1. The zero-order chi connectivity index (χ0) is 12.4. The molecule has 0 radical (unpaired) electrons. The van der Waals surface area contributed by atoms with E-state index in [1.165, 1.54) is 77.4 Å². The Balaban J connectivity index is 1.67. The molecule has 3 aliphatic rings. The predicted molar refractivity (Wildman–Crippen MR) is 76.9 cm³/mol. The summed E-state index contributed by atoms with van der Waals surface area (Å²) in [6.45, 7) is 6.51. The molecule has 0 aromatic heterocycles. The van der Waals surface area contributed by atoms with Crippen molar-refractivity contribution in [2.75, 3.05) is 19.6 Å². The first kappa shape index (κ1) is 12.9. The maximum atomic E-state index is 2.93. The summed E-state index contributed by atoms with van der Waals surface area (Å²) in [7, 11) is 0. The summed E-state index contributed by atoms with van der Waals surface area (Å²) in [6.07, 6.45) is 13.1. The van der Waals surface area contributed by atoms with Gasteiger partial charge in [-0.25, -0.2) is 0 Å². The molecular weight excluding hydrogens is 220 g/mol. The number of piperazine rings is 1. The van der Waals surface area contributed by atoms with E-state index in [0.29, 0.717) is 0 Å². The second-order valence-corrected chi connectivity index (χ2v) is 6.70. The lowest BCUT2D eigenvalue weighted by Gasteiger charge is -2.47. The van der Waals surface area contributed by atoms with Crippen LogP contribution < -0.4 is 0 Å². The van der Waals surface area contributed by atoms with E-state index in [1.807, 2.05) is 0 Å². The molecule has 0 amide bonds. The summed E-state index contributed by atoms with van der Waals surface area (Å²) in [4.78, 5) is 5.71. The van der Waals surface area contributed by atoms with Crippen LogP contribution in [-0.4, -0.2) is 47.6 Å². The monoisotopic (exact) mass is 250 g/mol. The summed E-state index contributed by atoms with van der Waals surface area (Å²) in [6, 6.07) is 2.67. The van der Waals surface area contributed by atoms with Gasteiger partial charge in [-0.2, -0.15) is 0 Å². The van der Waals surface area contributed by atoms with Gasteiger partial charge in [-0.05, 0) is 38.6 Å². The molecule has 18 heavy (non-hydrogen) atoms. The van der Waals surface area contributed by atoms with Crippen molar-refractivity contribution in [3.8, 4) is 0 Å². The molecule has 0 spiro atoms. The minimum atomic E-state index is 0.849. The summed E-state index contributed by atoms with van der Waals surface area (Å²) < 4.78 is 0. The first-order valence-corrected chi connectivity index (χ1v) is 8.38. The van der Waals surface area contributed by atoms with Gasteiger partial charge in [0.15, 0.2) is 0 Å². The van der Waals surface area contributed by atoms with Gasteiger partial charge >= 0.3 is 0 Å². The Labute approximate surface area is 113 Å². The van der Waals surface area contributed by atoms with Gasteiger partial charge in [0.1, 0.15) is 0 Å². The lowest BCUT2D eigenvalue weighted by molar-refractivity contribution is 0.0137. The summed E-state index contributed by atoms with van der Waals surface area (Å²) in [5, 5.41) is 0. The summed E-state index contributed by atoms with van der Waals surface area (Å²) in [5.41, 5.74) is 0. The first-order valence-electron chi connectivity index (χ1n) is 8.38.